The summed E-state index contributed by atoms with van der Waals surface area (Å²) in [7, 11) is 1.38. The Balaban J connectivity index is 0.00000343. The standard InChI is InChI=1S/C37H29N4O2.Zn/c1-21-17-22(2)34(23(3)18-21)36-32-14-12-29(40-32)20-27-10-9-26(38-27)19-28-11-13-30(39-28)35(31-15-16-33(36)41-31)24-5-7-25(8-6-24)37(42)43-4;/h5-20H,1-4H3,(H-,38,39,40,41,42);/q-1;+2/p-1. The van der Waals surface area contributed by atoms with E-state index in [4.69, 9.17) is 24.7 Å². The van der Waals surface area contributed by atoms with Gasteiger partial charge in [-0.05, 0) is 90.6 Å². The van der Waals surface area contributed by atoms with E-state index in [0.29, 0.717) is 5.56 Å². The number of hydrogen-bond acceptors (Lipinski definition) is 4. The van der Waals surface area contributed by atoms with E-state index in [2.05, 4.69) is 45.0 Å². The molecule has 2 aliphatic heterocycles. The van der Waals surface area contributed by atoms with Crippen LogP contribution in [-0.2, 0) is 24.2 Å². The summed E-state index contributed by atoms with van der Waals surface area (Å²) in [4.78, 5) is 32.2. The van der Waals surface area contributed by atoms with Crippen LogP contribution in [0.1, 0.15) is 49.8 Å². The molecular formula is C37H28N4O2Zn. The van der Waals surface area contributed by atoms with Crippen molar-refractivity contribution in [1.82, 2.24) is 19.9 Å². The topological polar surface area (TPSA) is 80.3 Å². The molecule has 2 aromatic carbocycles. The van der Waals surface area contributed by atoms with Crippen molar-refractivity contribution < 1.29 is 29.0 Å². The van der Waals surface area contributed by atoms with Gasteiger partial charge in [0.1, 0.15) is 0 Å². The van der Waals surface area contributed by atoms with Gasteiger partial charge in [-0.3, -0.25) is 0 Å². The maximum absolute atomic E-state index is 12.1. The summed E-state index contributed by atoms with van der Waals surface area (Å²) in [6.45, 7) is 6.40. The molecule has 44 heavy (non-hydrogen) atoms. The van der Waals surface area contributed by atoms with Gasteiger partial charge in [0.05, 0.1) is 35.4 Å². The van der Waals surface area contributed by atoms with Crippen LogP contribution in [0.15, 0.2) is 72.8 Å². The van der Waals surface area contributed by atoms with Crippen LogP contribution in [0.25, 0.3) is 68.6 Å². The summed E-state index contributed by atoms with van der Waals surface area (Å²) in [6, 6.07) is 23.8. The van der Waals surface area contributed by atoms with E-state index in [1.165, 1.54) is 23.8 Å². The molecule has 0 fully saturated rings. The molecule has 0 unspecified atom stereocenters. The predicted octanol–water partition coefficient (Wildman–Crippen LogP) is 7.96. The summed E-state index contributed by atoms with van der Waals surface area (Å²) in [5.41, 5.74) is 14.5. The van der Waals surface area contributed by atoms with E-state index in [0.717, 1.165) is 67.1 Å². The number of rotatable bonds is 3. The average molecular weight is 626 g/mol. The molecule has 2 aliphatic rings. The number of methoxy groups -OCH3 is 1. The number of ether oxygens (including phenoxy) is 1. The Morgan fingerprint density at radius 2 is 1.18 bits per heavy atom. The van der Waals surface area contributed by atoms with Crippen LogP contribution in [0.4, 0.5) is 0 Å². The number of carbonyl (C=O) groups excluding carboxylic acids is 1. The monoisotopic (exact) mass is 624 g/mol. The minimum Gasteiger partial charge on any atom is -0.657 e. The van der Waals surface area contributed by atoms with Crippen LogP contribution in [-0.4, -0.2) is 23.0 Å². The van der Waals surface area contributed by atoms with Gasteiger partial charge in [0.25, 0.3) is 0 Å². The number of esters is 1. The third-order valence-corrected chi connectivity index (χ3v) is 7.78. The first kappa shape index (κ1) is 29.2. The Morgan fingerprint density at radius 3 is 1.75 bits per heavy atom. The van der Waals surface area contributed by atoms with Gasteiger partial charge in [0, 0.05) is 0 Å². The molecule has 0 spiro atoms. The van der Waals surface area contributed by atoms with Crippen molar-refractivity contribution in [3.8, 4) is 22.3 Å². The van der Waals surface area contributed by atoms with Gasteiger partial charge in [-0.2, -0.15) is 0 Å². The number of nitrogens with zero attached hydrogens (tertiary/aromatic N) is 4. The van der Waals surface area contributed by atoms with Crippen LogP contribution < -0.4 is 9.97 Å². The van der Waals surface area contributed by atoms with Crippen LogP contribution in [0, 0.1) is 20.8 Å². The second-order valence-corrected chi connectivity index (χ2v) is 10.9. The molecule has 0 atom stereocenters. The minimum atomic E-state index is -0.380. The Kier molecular flexibility index (Phi) is 7.75. The van der Waals surface area contributed by atoms with Crippen LogP contribution >= 0.6 is 0 Å². The summed E-state index contributed by atoms with van der Waals surface area (Å²) in [5, 5.41) is 0. The number of aromatic nitrogens is 4. The van der Waals surface area contributed by atoms with Gasteiger partial charge in [-0.25, -0.2) is 14.8 Å². The van der Waals surface area contributed by atoms with E-state index in [9.17, 15) is 4.79 Å². The first-order chi connectivity index (χ1) is 20.9. The number of fused-ring (bicyclic) bond motifs is 8. The smallest absolute Gasteiger partial charge is 0.657 e. The number of carbonyl (C=O) groups is 1. The molecule has 5 heterocycles. The minimum absolute atomic E-state index is 0. The Morgan fingerprint density at radius 1 is 0.636 bits per heavy atom. The fraction of sp³-hybridized carbons (Fsp3) is 0.108. The third-order valence-electron chi connectivity index (χ3n) is 7.78. The van der Waals surface area contributed by atoms with Crippen molar-refractivity contribution in [2.45, 2.75) is 20.8 Å². The van der Waals surface area contributed by atoms with Crippen molar-refractivity contribution >= 4 is 52.3 Å². The van der Waals surface area contributed by atoms with Crippen LogP contribution in [0.3, 0.4) is 0 Å². The van der Waals surface area contributed by atoms with Gasteiger partial charge >= 0.3 is 25.4 Å². The quantitative estimate of drug-likeness (QED) is 0.146. The molecule has 0 radical (unpaired) electrons. The normalized spacial score (nSPS) is 11.8. The first-order valence-corrected chi connectivity index (χ1v) is 14.1. The van der Waals surface area contributed by atoms with Gasteiger partial charge < -0.3 is 14.7 Å². The predicted molar refractivity (Wildman–Crippen MR) is 173 cm³/mol. The van der Waals surface area contributed by atoms with Gasteiger partial charge in [0.2, 0.25) is 0 Å². The third kappa shape index (κ3) is 5.36. The Labute approximate surface area is 268 Å². The second-order valence-electron chi connectivity index (χ2n) is 10.9. The molecule has 0 saturated heterocycles. The van der Waals surface area contributed by atoms with Gasteiger partial charge in [-0.1, -0.05) is 66.2 Å². The number of benzene rings is 2. The van der Waals surface area contributed by atoms with E-state index in [1.54, 1.807) is 12.1 Å². The van der Waals surface area contributed by atoms with E-state index in [-0.39, 0.29) is 25.4 Å². The molecular weight excluding hydrogens is 598 g/mol. The van der Waals surface area contributed by atoms with E-state index >= 15 is 0 Å². The largest absolute Gasteiger partial charge is 2.00 e. The van der Waals surface area contributed by atoms with Crippen molar-refractivity contribution in [2.24, 2.45) is 0 Å². The first-order valence-electron chi connectivity index (χ1n) is 14.1. The van der Waals surface area contributed by atoms with E-state index in [1.807, 2.05) is 60.7 Å². The zero-order chi connectivity index (χ0) is 29.7. The second kappa shape index (κ2) is 11.7. The molecule has 5 aromatic rings. The molecule has 210 valence electrons. The Bertz CT molecular complexity index is 2150. The summed E-state index contributed by atoms with van der Waals surface area (Å²) < 4.78 is 4.91. The van der Waals surface area contributed by atoms with Crippen molar-refractivity contribution in [1.29, 1.82) is 0 Å². The molecule has 7 heteroatoms. The Hall–Kier alpha value is -4.87. The summed E-state index contributed by atoms with van der Waals surface area (Å²) >= 11 is 0. The average Bonchev–Trinajstić information content (AvgIpc) is 3.81. The van der Waals surface area contributed by atoms with Crippen molar-refractivity contribution in [3.05, 3.63) is 118 Å². The van der Waals surface area contributed by atoms with E-state index < -0.39 is 0 Å². The fourth-order valence-electron chi connectivity index (χ4n) is 5.97. The molecule has 0 aliphatic carbocycles. The van der Waals surface area contributed by atoms with Crippen LogP contribution in [0.5, 0.6) is 0 Å². The molecule has 8 bridgehead atoms. The fourth-order valence-corrected chi connectivity index (χ4v) is 5.97. The molecule has 0 amide bonds. The number of aryl methyl sites for hydroxylation is 3. The molecule has 0 saturated carbocycles. The molecule has 0 N–H and O–H groups in total. The van der Waals surface area contributed by atoms with Gasteiger partial charge in [-0.15, -0.1) is 22.1 Å². The zero-order valence-electron chi connectivity index (χ0n) is 25.1. The summed E-state index contributed by atoms with van der Waals surface area (Å²) in [6.07, 6.45) is 8.07. The van der Waals surface area contributed by atoms with Crippen LogP contribution in [0.2, 0.25) is 0 Å². The maximum atomic E-state index is 12.1. The van der Waals surface area contributed by atoms with Crippen molar-refractivity contribution in [3.63, 3.8) is 0 Å². The molecule has 3 aromatic heterocycles. The maximum Gasteiger partial charge on any atom is 2.00 e. The SMILES string of the molecule is COC(=O)c1ccc(-c2c3nc(c(-c4c(C)cc(C)cc4C)c4ccc(cc5nc(cc6ccc2[n-]6)C=C5)[n-]4)C=C3)cc1.[Zn+2]. The van der Waals surface area contributed by atoms with Crippen molar-refractivity contribution in [2.75, 3.05) is 7.11 Å². The number of hydrogen-bond donors (Lipinski definition) is 0. The summed E-state index contributed by atoms with van der Waals surface area (Å²) in [5.74, 6) is -0.380. The zero-order valence-corrected chi connectivity index (χ0v) is 28.0. The molecule has 6 nitrogen and oxygen atoms in total. The molecule has 7 rings (SSSR count). The van der Waals surface area contributed by atoms with Gasteiger partial charge in [0.15, 0.2) is 0 Å².